The molecule has 0 spiro atoms. The van der Waals surface area contributed by atoms with Crippen molar-refractivity contribution in [2.45, 2.75) is 47.0 Å². The second kappa shape index (κ2) is 14.2. The maximum Gasteiger partial charge on any atom is 0.0433 e. The predicted octanol–water partition coefficient (Wildman–Crippen LogP) is 14.6. The van der Waals surface area contributed by atoms with Gasteiger partial charge in [-0.05, 0) is 128 Å². The molecule has 0 unspecified atom stereocenters. The molecule has 8 aromatic rings. The Labute approximate surface area is 334 Å². The minimum absolute atomic E-state index is 0.119. The van der Waals surface area contributed by atoms with E-state index in [-0.39, 0.29) is 5.41 Å². The van der Waals surface area contributed by atoms with Gasteiger partial charge < -0.3 is 0 Å². The standard InChI is InChI=1S/C55H46S/c1-7-19-50-35(4)51-53-52(46-25-16-17-26-47(46)54(51)56-50)48-34-39(32-33-49(48)55(53,5)6)36-28-30-38(31-29-36)42-22-12-10-11-13-24-44(41(9-3)40(42)8-2)45-27-18-21-37-20-14-15-23-43(37)45/h7-34H,1-6H3/b12-10?,13-11?,19-7-,40-8+,41-9+,42-22?,44-24?. The highest BCUT2D eigenvalue weighted by molar-refractivity contribution is 7.21. The Hall–Kier alpha value is -6.02. The lowest BCUT2D eigenvalue weighted by Gasteiger charge is -2.23. The first-order valence-corrected chi connectivity index (χ1v) is 20.6. The summed E-state index contributed by atoms with van der Waals surface area (Å²) in [6, 6.07) is 53.8. The lowest BCUT2D eigenvalue weighted by Crippen LogP contribution is -2.27. The van der Waals surface area contributed by atoms with E-state index in [1.54, 1.807) is 0 Å². The van der Waals surface area contributed by atoms with E-state index in [2.05, 4.69) is 211 Å². The van der Waals surface area contributed by atoms with Crippen LogP contribution in [0.15, 0.2) is 152 Å². The van der Waals surface area contributed by atoms with E-state index in [1.165, 1.54) is 108 Å². The van der Waals surface area contributed by atoms with Crippen LogP contribution >= 0.6 is 11.3 Å². The van der Waals surface area contributed by atoms with E-state index in [4.69, 9.17) is 0 Å². The average Bonchev–Trinajstić information content (AvgIpc) is 3.68. The Bertz CT molecular complexity index is 3070. The lowest BCUT2D eigenvalue weighted by atomic mass is 9.79. The number of allylic oxidation sites excluding steroid dienone is 1. The summed E-state index contributed by atoms with van der Waals surface area (Å²) in [5, 5.41) is 9.08. The third-order valence-electron chi connectivity index (χ3n) is 11.9. The van der Waals surface area contributed by atoms with Crippen LogP contribution in [0.4, 0.5) is 0 Å². The van der Waals surface area contributed by atoms with Crippen LogP contribution < -0.4 is 10.4 Å². The number of benzene rings is 6. The molecule has 1 heteroatoms. The minimum Gasteiger partial charge on any atom is -0.135 e. The molecule has 0 aliphatic heterocycles. The summed E-state index contributed by atoms with van der Waals surface area (Å²) in [7, 11) is 0. The van der Waals surface area contributed by atoms with Gasteiger partial charge in [0.25, 0.3) is 0 Å². The van der Waals surface area contributed by atoms with Gasteiger partial charge in [0, 0.05) is 25.8 Å². The number of rotatable bonds is 4. The van der Waals surface area contributed by atoms with E-state index in [1.807, 2.05) is 11.3 Å². The highest BCUT2D eigenvalue weighted by Gasteiger charge is 2.39. The summed E-state index contributed by atoms with van der Waals surface area (Å²) in [6.07, 6.45) is 8.98. The Morgan fingerprint density at radius 1 is 0.518 bits per heavy atom. The molecule has 0 fully saturated rings. The van der Waals surface area contributed by atoms with Gasteiger partial charge in [-0.25, -0.2) is 0 Å². The van der Waals surface area contributed by atoms with Gasteiger partial charge >= 0.3 is 0 Å². The van der Waals surface area contributed by atoms with Gasteiger partial charge in [0.1, 0.15) is 0 Å². The van der Waals surface area contributed by atoms with Crippen molar-refractivity contribution in [2.24, 2.45) is 0 Å². The average molecular weight is 739 g/mol. The van der Waals surface area contributed by atoms with Crippen molar-refractivity contribution in [1.82, 2.24) is 0 Å². The molecule has 1 aliphatic carbocycles. The van der Waals surface area contributed by atoms with Crippen LogP contribution in [0, 0.1) is 6.92 Å². The number of aryl methyl sites for hydroxylation is 1. The first-order valence-electron chi connectivity index (χ1n) is 19.8. The van der Waals surface area contributed by atoms with Gasteiger partial charge in [-0.3, -0.25) is 0 Å². The molecule has 272 valence electrons. The van der Waals surface area contributed by atoms with Crippen molar-refractivity contribution >= 4 is 61.2 Å². The second-order valence-electron chi connectivity index (χ2n) is 15.4. The Morgan fingerprint density at radius 3 is 1.84 bits per heavy atom. The zero-order chi connectivity index (χ0) is 38.6. The fraction of sp³-hybridized carbons (Fsp3) is 0.127. The molecule has 9 rings (SSSR count). The monoisotopic (exact) mass is 738 g/mol. The van der Waals surface area contributed by atoms with E-state index < -0.39 is 0 Å². The summed E-state index contributed by atoms with van der Waals surface area (Å²) in [6.45, 7) is 13.6. The third-order valence-corrected chi connectivity index (χ3v) is 13.2. The minimum atomic E-state index is -0.119. The molecular formula is C55H46S. The molecule has 0 radical (unpaired) electrons. The molecule has 0 saturated heterocycles. The van der Waals surface area contributed by atoms with Gasteiger partial charge in [-0.2, -0.15) is 0 Å². The lowest BCUT2D eigenvalue weighted by molar-refractivity contribution is 0.666. The topological polar surface area (TPSA) is 0 Å². The van der Waals surface area contributed by atoms with Crippen LogP contribution in [0.25, 0.3) is 94.4 Å². The van der Waals surface area contributed by atoms with E-state index in [0.29, 0.717) is 0 Å². The number of hydrogen-bond acceptors (Lipinski definition) is 1. The van der Waals surface area contributed by atoms with E-state index in [0.717, 1.165) is 0 Å². The first-order chi connectivity index (χ1) is 27.3. The molecule has 7 aromatic carbocycles. The first kappa shape index (κ1) is 35.7. The molecule has 0 bridgehead atoms. The molecular weight excluding hydrogens is 693 g/mol. The molecule has 0 atom stereocenters. The van der Waals surface area contributed by atoms with Crippen LogP contribution in [0.5, 0.6) is 0 Å². The van der Waals surface area contributed by atoms with Crippen molar-refractivity contribution in [3.05, 3.63) is 184 Å². The third kappa shape index (κ3) is 5.64. The van der Waals surface area contributed by atoms with Crippen LogP contribution in [0.2, 0.25) is 0 Å². The van der Waals surface area contributed by atoms with Crippen molar-refractivity contribution in [2.75, 3.05) is 0 Å². The summed E-state index contributed by atoms with van der Waals surface area (Å²) >= 11 is 1.93. The second-order valence-corrected chi connectivity index (χ2v) is 16.5. The van der Waals surface area contributed by atoms with E-state index >= 15 is 0 Å². The van der Waals surface area contributed by atoms with Gasteiger partial charge in [0.2, 0.25) is 0 Å². The van der Waals surface area contributed by atoms with Gasteiger partial charge in [0.15, 0.2) is 0 Å². The summed E-state index contributed by atoms with van der Waals surface area (Å²) in [4.78, 5) is 1.36. The Balaban J connectivity index is 1.20. The quantitative estimate of drug-likeness (QED) is 0.169. The highest BCUT2D eigenvalue weighted by Crippen LogP contribution is 2.57. The van der Waals surface area contributed by atoms with Crippen molar-refractivity contribution in [1.29, 1.82) is 0 Å². The Morgan fingerprint density at radius 2 is 1.11 bits per heavy atom. The smallest absolute Gasteiger partial charge is 0.0433 e. The number of thiophene rings is 1. The van der Waals surface area contributed by atoms with Crippen molar-refractivity contribution < 1.29 is 0 Å². The fourth-order valence-corrected chi connectivity index (χ4v) is 10.6. The summed E-state index contributed by atoms with van der Waals surface area (Å²) in [5.41, 5.74) is 14.2. The van der Waals surface area contributed by atoms with Gasteiger partial charge in [0.05, 0.1) is 0 Å². The molecule has 0 amide bonds. The maximum atomic E-state index is 2.46. The van der Waals surface area contributed by atoms with Crippen LogP contribution in [-0.2, 0) is 5.41 Å². The molecule has 0 saturated carbocycles. The molecule has 1 aromatic heterocycles. The number of fused-ring (bicyclic) bond motifs is 9. The fourth-order valence-electron chi connectivity index (χ4n) is 9.32. The SMILES string of the molecule is C/C=C\c1sc2c(c1C)c1c(c3ccccc32)-c2cc(-c3ccc(-c4ccccccc(-c5cccc6ccccc56)c(=C/C)/c4=C\C)cc3)ccc2C1(C)C. The molecule has 0 nitrogen and oxygen atoms in total. The van der Waals surface area contributed by atoms with Gasteiger partial charge in [-0.1, -0.05) is 172 Å². The molecule has 0 N–H and O–H groups in total. The zero-order valence-electron chi connectivity index (χ0n) is 33.1. The Kier molecular flexibility index (Phi) is 9.07. The van der Waals surface area contributed by atoms with Crippen molar-refractivity contribution in [3.8, 4) is 44.5 Å². The van der Waals surface area contributed by atoms with Crippen LogP contribution in [0.1, 0.15) is 56.2 Å². The number of hydrogen-bond donors (Lipinski definition) is 0. The zero-order valence-corrected chi connectivity index (χ0v) is 33.9. The maximum absolute atomic E-state index is 2.46. The normalized spacial score (nSPS) is 13.8. The molecule has 1 heterocycles. The van der Waals surface area contributed by atoms with Crippen LogP contribution in [-0.4, -0.2) is 0 Å². The highest BCUT2D eigenvalue weighted by atomic mass is 32.1. The molecule has 56 heavy (non-hydrogen) atoms. The predicted molar refractivity (Wildman–Crippen MR) is 247 cm³/mol. The van der Waals surface area contributed by atoms with Crippen LogP contribution in [0.3, 0.4) is 0 Å². The van der Waals surface area contributed by atoms with E-state index in [9.17, 15) is 0 Å². The summed E-state index contributed by atoms with van der Waals surface area (Å²) < 4.78 is 1.41. The summed E-state index contributed by atoms with van der Waals surface area (Å²) in [5.74, 6) is 0. The van der Waals surface area contributed by atoms with Crippen molar-refractivity contribution in [3.63, 3.8) is 0 Å². The van der Waals surface area contributed by atoms with Gasteiger partial charge in [-0.15, -0.1) is 11.3 Å². The largest absolute Gasteiger partial charge is 0.135 e. The molecule has 1 aliphatic rings.